The van der Waals surface area contributed by atoms with Crippen LogP contribution in [0.1, 0.15) is 24.3 Å². The van der Waals surface area contributed by atoms with Crippen molar-refractivity contribution in [3.05, 3.63) is 34.9 Å². The molecule has 1 aliphatic heterocycles. The summed E-state index contributed by atoms with van der Waals surface area (Å²) in [6.45, 7) is 2.26. The molecule has 78 valence electrons. The van der Waals surface area contributed by atoms with Crippen LogP contribution in [-0.2, 0) is 0 Å². The van der Waals surface area contributed by atoms with Crippen LogP contribution in [0.25, 0.3) is 0 Å². The van der Waals surface area contributed by atoms with Gasteiger partial charge in [-0.25, -0.2) is 0 Å². The van der Waals surface area contributed by atoms with E-state index in [9.17, 15) is 0 Å². The van der Waals surface area contributed by atoms with Crippen molar-refractivity contribution in [3.63, 3.8) is 0 Å². The molecule has 2 rings (SSSR count). The van der Waals surface area contributed by atoms with Crippen molar-refractivity contribution in [2.24, 2.45) is 0 Å². The highest BCUT2D eigenvalue weighted by atomic mass is 35.5. The van der Waals surface area contributed by atoms with Crippen molar-refractivity contribution in [1.29, 1.82) is 0 Å². The van der Waals surface area contributed by atoms with E-state index in [1.165, 1.54) is 18.4 Å². The van der Waals surface area contributed by atoms with Crippen molar-refractivity contribution in [2.75, 3.05) is 13.1 Å². The van der Waals surface area contributed by atoms with E-state index in [0.717, 1.165) is 18.1 Å². The van der Waals surface area contributed by atoms with Crippen LogP contribution in [0.3, 0.4) is 0 Å². The molecule has 1 atom stereocenters. The van der Waals surface area contributed by atoms with Gasteiger partial charge in [0, 0.05) is 11.6 Å². The lowest BCUT2D eigenvalue weighted by atomic mass is 9.92. The van der Waals surface area contributed by atoms with Crippen molar-refractivity contribution < 1.29 is 0 Å². The van der Waals surface area contributed by atoms with E-state index in [2.05, 4.69) is 17.4 Å². The minimum atomic E-state index is 0. The lowest BCUT2D eigenvalue weighted by Crippen LogP contribution is -2.28. The van der Waals surface area contributed by atoms with Gasteiger partial charge in [0.15, 0.2) is 0 Å². The molecule has 1 aliphatic rings. The molecule has 1 heterocycles. The minimum Gasteiger partial charge on any atom is -0.316 e. The predicted octanol–water partition coefficient (Wildman–Crippen LogP) is 3.23. The Morgan fingerprint density at radius 1 is 1.36 bits per heavy atom. The second-order valence-electron chi connectivity index (χ2n) is 3.60. The summed E-state index contributed by atoms with van der Waals surface area (Å²) in [4.78, 5) is 0. The lowest BCUT2D eigenvalue weighted by molar-refractivity contribution is 0.461. The largest absolute Gasteiger partial charge is 0.316 e. The van der Waals surface area contributed by atoms with Gasteiger partial charge in [0.05, 0.1) is 0 Å². The summed E-state index contributed by atoms with van der Waals surface area (Å²) >= 11 is 5.94. The van der Waals surface area contributed by atoms with Crippen LogP contribution in [0.4, 0.5) is 0 Å². The summed E-state index contributed by atoms with van der Waals surface area (Å²) in [7, 11) is 0. The molecule has 1 nitrogen and oxygen atoms in total. The Kier molecular flexibility index (Phi) is 4.73. The van der Waals surface area contributed by atoms with Gasteiger partial charge < -0.3 is 5.32 Å². The van der Waals surface area contributed by atoms with Gasteiger partial charge in [-0.15, -0.1) is 12.4 Å². The van der Waals surface area contributed by atoms with Gasteiger partial charge in [-0.05, 0) is 43.0 Å². The fourth-order valence-electron chi connectivity index (χ4n) is 1.90. The van der Waals surface area contributed by atoms with Gasteiger partial charge in [-0.2, -0.15) is 0 Å². The minimum absolute atomic E-state index is 0. The molecule has 0 spiro atoms. The molecule has 0 amide bonds. The molecule has 0 saturated carbocycles. The Hall–Kier alpha value is -0.240. The lowest BCUT2D eigenvalue weighted by Gasteiger charge is -2.23. The SMILES string of the molecule is Cl.Clc1cccc(C2CCCNC2)c1. The van der Waals surface area contributed by atoms with Crippen LogP contribution in [0.15, 0.2) is 24.3 Å². The zero-order chi connectivity index (χ0) is 9.10. The Bertz CT molecular complexity index is 282. The molecule has 0 bridgehead atoms. The van der Waals surface area contributed by atoms with Gasteiger partial charge in [0.1, 0.15) is 0 Å². The fourth-order valence-corrected chi connectivity index (χ4v) is 2.10. The average molecular weight is 232 g/mol. The zero-order valence-electron chi connectivity index (χ0n) is 8.00. The van der Waals surface area contributed by atoms with Crippen molar-refractivity contribution in [3.8, 4) is 0 Å². The third-order valence-corrected chi connectivity index (χ3v) is 2.85. The summed E-state index contributed by atoms with van der Waals surface area (Å²) in [5.74, 6) is 0.660. The van der Waals surface area contributed by atoms with E-state index in [4.69, 9.17) is 11.6 Å². The van der Waals surface area contributed by atoms with E-state index >= 15 is 0 Å². The highest BCUT2D eigenvalue weighted by Crippen LogP contribution is 2.24. The van der Waals surface area contributed by atoms with Gasteiger partial charge in [0.25, 0.3) is 0 Å². The molecule has 14 heavy (non-hydrogen) atoms. The van der Waals surface area contributed by atoms with E-state index in [1.54, 1.807) is 0 Å². The quantitative estimate of drug-likeness (QED) is 0.783. The maximum atomic E-state index is 5.94. The van der Waals surface area contributed by atoms with Gasteiger partial charge in [0.2, 0.25) is 0 Å². The van der Waals surface area contributed by atoms with Crippen LogP contribution in [0, 0.1) is 0 Å². The van der Waals surface area contributed by atoms with Crippen LogP contribution in [0.2, 0.25) is 5.02 Å². The zero-order valence-corrected chi connectivity index (χ0v) is 9.57. The van der Waals surface area contributed by atoms with Gasteiger partial charge in [-0.3, -0.25) is 0 Å². The maximum Gasteiger partial charge on any atom is 0.0408 e. The fraction of sp³-hybridized carbons (Fsp3) is 0.455. The smallest absolute Gasteiger partial charge is 0.0408 e. The number of nitrogens with one attached hydrogen (secondary N) is 1. The monoisotopic (exact) mass is 231 g/mol. The van der Waals surface area contributed by atoms with Gasteiger partial charge in [-0.1, -0.05) is 23.7 Å². The maximum absolute atomic E-state index is 5.94. The first-order chi connectivity index (χ1) is 6.36. The van der Waals surface area contributed by atoms with Crippen molar-refractivity contribution in [2.45, 2.75) is 18.8 Å². The molecule has 3 heteroatoms. The number of piperidine rings is 1. The molecular weight excluding hydrogens is 217 g/mol. The normalized spacial score (nSPS) is 21.4. The van der Waals surface area contributed by atoms with E-state index in [-0.39, 0.29) is 12.4 Å². The number of halogens is 2. The molecule has 0 aliphatic carbocycles. The second-order valence-corrected chi connectivity index (χ2v) is 4.03. The first-order valence-corrected chi connectivity index (χ1v) is 5.20. The van der Waals surface area contributed by atoms with Crippen LogP contribution in [-0.4, -0.2) is 13.1 Å². The number of benzene rings is 1. The first kappa shape index (κ1) is 11.8. The summed E-state index contributed by atoms with van der Waals surface area (Å²) in [5.41, 5.74) is 1.37. The molecule has 1 unspecified atom stereocenters. The van der Waals surface area contributed by atoms with Gasteiger partial charge >= 0.3 is 0 Å². The summed E-state index contributed by atoms with van der Waals surface area (Å²) in [6.07, 6.45) is 2.56. The molecule has 1 saturated heterocycles. The van der Waals surface area contributed by atoms with E-state index < -0.39 is 0 Å². The van der Waals surface area contributed by atoms with Crippen molar-refractivity contribution >= 4 is 24.0 Å². The van der Waals surface area contributed by atoms with Crippen LogP contribution < -0.4 is 5.32 Å². The van der Waals surface area contributed by atoms with Crippen LogP contribution in [0.5, 0.6) is 0 Å². The average Bonchev–Trinajstić information content (AvgIpc) is 2.19. The molecule has 1 aromatic rings. The first-order valence-electron chi connectivity index (χ1n) is 4.82. The Labute approximate surface area is 96.3 Å². The molecule has 1 N–H and O–H groups in total. The Morgan fingerprint density at radius 3 is 2.86 bits per heavy atom. The third-order valence-electron chi connectivity index (χ3n) is 2.62. The standard InChI is InChI=1S/C11H14ClN.ClH/c12-11-5-1-3-9(7-11)10-4-2-6-13-8-10;/h1,3,5,7,10,13H,2,4,6,8H2;1H. The topological polar surface area (TPSA) is 12.0 Å². The Balaban J connectivity index is 0.000000980. The number of rotatable bonds is 1. The predicted molar refractivity (Wildman–Crippen MR) is 63.5 cm³/mol. The molecule has 1 fully saturated rings. The number of hydrogen-bond acceptors (Lipinski definition) is 1. The molecular formula is C11H15Cl2N. The highest BCUT2D eigenvalue weighted by molar-refractivity contribution is 6.30. The highest BCUT2D eigenvalue weighted by Gasteiger charge is 2.14. The summed E-state index contributed by atoms with van der Waals surface area (Å²) < 4.78 is 0. The molecule has 0 aromatic heterocycles. The molecule has 1 aromatic carbocycles. The van der Waals surface area contributed by atoms with E-state index in [0.29, 0.717) is 5.92 Å². The van der Waals surface area contributed by atoms with Crippen LogP contribution >= 0.6 is 24.0 Å². The van der Waals surface area contributed by atoms with Crippen molar-refractivity contribution in [1.82, 2.24) is 5.32 Å². The number of hydrogen-bond donors (Lipinski definition) is 1. The third kappa shape index (κ3) is 2.88. The second kappa shape index (κ2) is 5.59. The summed E-state index contributed by atoms with van der Waals surface area (Å²) in [6, 6.07) is 8.22. The molecule has 0 radical (unpaired) electrons. The van der Waals surface area contributed by atoms with E-state index in [1.807, 2.05) is 12.1 Å². The summed E-state index contributed by atoms with van der Waals surface area (Å²) in [5, 5.41) is 4.26. The Morgan fingerprint density at radius 2 is 2.21 bits per heavy atom.